The molecule has 0 atom stereocenters. The number of hydrogen-bond donors (Lipinski definition) is 2. The third-order valence-corrected chi connectivity index (χ3v) is 3.73. The number of nitrogens with one attached hydrogen (secondary N) is 2. The normalized spacial score (nSPS) is 11.4. The summed E-state index contributed by atoms with van der Waals surface area (Å²) >= 11 is 0. The lowest BCUT2D eigenvalue weighted by atomic mass is 9.95. The van der Waals surface area contributed by atoms with Gasteiger partial charge in [0.2, 0.25) is 0 Å². The summed E-state index contributed by atoms with van der Waals surface area (Å²) in [5.74, 6) is -0.322. The second kappa shape index (κ2) is 6.55. The molecule has 0 saturated heterocycles. The van der Waals surface area contributed by atoms with Crippen molar-refractivity contribution in [2.75, 3.05) is 0 Å². The van der Waals surface area contributed by atoms with Gasteiger partial charge in [0, 0.05) is 12.0 Å². The Labute approximate surface area is 140 Å². The summed E-state index contributed by atoms with van der Waals surface area (Å²) in [5, 5.41) is 2.64. The first-order valence-corrected chi connectivity index (χ1v) is 7.74. The van der Waals surface area contributed by atoms with Gasteiger partial charge in [0.25, 0.3) is 11.5 Å². The first-order valence-electron chi connectivity index (χ1n) is 7.74. The molecule has 2 N–H and O–H groups in total. The van der Waals surface area contributed by atoms with E-state index < -0.39 is 11.5 Å². The van der Waals surface area contributed by atoms with E-state index in [9.17, 15) is 14.0 Å². The molecule has 0 spiro atoms. The number of aromatic nitrogens is 2. The van der Waals surface area contributed by atoms with Crippen molar-refractivity contribution >= 4 is 5.91 Å². The zero-order valence-electron chi connectivity index (χ0n) is 14.6. The van der Waals surface area contributed by atoms with Crippen LogP contribution in [0, 0.1) is 19.7 Å². The van der Waals surface area contributed by atoms with Gasteiger partial charge in [-0.25, -0.2) is 9.37 Å². The molecule has 0 unspecified atom stereocenters. The van der Waals surface area contributed by atoms with Crippen molar-refractivity contribution < 1.29 is 9.18 Å². The van der Waals surface area contributed by atoms with Crippen LogP contribution in [0.5, 0.6) is 0 Å². The molecule has 6 heteroatoms. The highest BCUT2D eigenvalue weighted by atomic mass is 19.1. The average molecular weight is 331 g/mol. The predicted molar refractivity (Wildman–Crippen MR) is 90.6 cm³/mol. The minimum Gasteiger partial charge on any atom is -0.348 e. The number of amides is 1. The van der Waals surface area contributed by atoms with E-state index in [1.807, 2.05) is 20.8 Å². The molecule has 1 amide bonds. The van der Waals surface area contributed by atoms with Crippen LogP contribution in [-0.4, -0.2) is 15.9 Å². The number of nitrogens with zero attached hydrogens (tertiary/aromatic N) is 1. The Balaban J connectivity index is 2.21. The smallest absolute Gasteiger partial charge is 0.264 e. The van der Waals surface area contributed by atoms with E-state index in [-0.39, 0.29) is 23.3 Å². The second-order valence-electron chi connectivity index (χ2n) is 6.89. The molecule has 0 aliphatic carbocycles. The Morgan fingerprint density at radius 1 is 1.29 bits per heavy atom. The maximum Gasteiger partial charge on any atom is 0.264 e. The molecule has 24 heavy (non-hydrogen) atoms. The third-order valence-electron chi connectivity index (χ3n) is 3.73. The molecule has 2 aromatic rings. The molecular weight excluding hydrogens is 309 g/mol. The number of halogens is 1. The molecule has 0 fully saturated rings. The molecule has 1 heterocycles. The summed E-state index contributed by atoms with van der Waals surface area (Å²) in [6.07, 6.45) is 0. The molecule has 1 aromatic heterocycles. The van der Waals surface area contributed by atoms with Gasteiger partial charge < -0.3 is 10.3 Å². The predicted octanol–water partition coefficient (Wildman–Crippen LogP) is 2.75. The Hall–Kier alpha value is -2.50. The molecular formula is C18H22FN3O2. The fourth-order valence-corrected chi connectivity index (χ4v) is 2.23. The van der Waals surface area contributed by atoms with Crippen LogP contribution in [0.25, 0.3) is 0 Å². The largest absolute Gasteiger partial charge is 0.348 e. The monoisotopic (exact) mass is 331 g/mol. The molecule has 2 rings (SSSR count). The van der Waals surface area contributed by atoms with E-state index >= 15 is 0 Å². The molecule has 128 valence electrons. The summed E-state index contributed by atoms with van der Waals surface area (Å²) in [4.78, 5) is 31.5. The van der Waals surface area contributed by atoms with E-state index in [1.54, 1.807) is 26.0 Å². The summed E-state index contributed by atoms with van der Waals surface area (Å²) in [6, 6.07) is 4.75. The van der Waals surface area contributed by atoms with Gasteiger partial charge in [-0.2, -0.15) is 0 Å². The van der Waals surface area contributed by atoms with Crippen molar-refractivity contribution in [3.63, 3.8) is 0 Å². The SMILES string of the molecule is Cc1ccc(CNC(=O)c2c(C)nc(C(C)(C)C)[nH]c2=O)cc1F. The Kier molecular flexibility index (Phi) is 4.87. The molecule has 1 aromatic carbocycles. The zero-order valence-corrected chi connectivity index (χ0v) is 14.6. The second-order valence-corrected chi connectivity index (χ2v) is 6.89. The average Bonchev–Trinajstić information content (AvgIpc) is 2.46. The van der Waals surface area contributed by atoms with Crippen LogP contribution < -0.4 is 10.9 Å². The number of aromatic amines is 1. The summed E-state index contributed by atoms with van der Waals surface area (Å²) in [6.45, 7) is 9.22. The lowest BCUT2D eigenvalue weighted by Gasteiger charge is -2.18. The topological polar surface area (TPSA) is 74.8 Å². The van der Waals surface area contributed by atoms with E-state index in [2.05, 4.69) is 15.3 Å². The van der Waals surface area contributed by atoms with Crippen molar-refractivity contribution in [3.8, 4) is 0 Å². The van der Waals surface area contributed by atoms with Gasteiger partial charge in [-0.1, -0.05) is 32.9 Å². The summed E-state index contributed by atoms with van der Waals surface area (Å²) < 4.78 is 13.5. The molecule has 0 aliphatic rings. The van der Waals surface area contributed by atoms with Crippen LogP contribution in [0.2, 0.25) is 0 Å². The van der Waals surface area contributed by atoms with Gasteiger partial charge in [0.05, 0.1) is 5.69 Å². The third kappa shape index (κ3) is 3.88. The Bertz CT molecular complexity index is 835. The minimum atomic E-state index is -0.525. The van der Waals surface area contributed by atoms with Crippen molar-refractivity contribution in [1.29, 1.82) is 0 Å². The molecule has 0 radical (unpaired) electrons. The van der Waals surface area contributed by atoms with E-state index in [0.29, 0.717) is 22.6 Å². The standard InChI is InChI=1S/C18H22FN3O2/c1-10-6-7-12(8-13(10)19)9-20-15(23)14-11(2)21-17(18(3,4)5)22-16(14)24/h6-8H,9H2,1-5H3,(H,20,23)(H,21,22,24). The van der Waals surface area contributed by atoms with Crippen LogP contribution in [0.15, 0.2) is 23.0 Å². The fraction of sp³-hybridized carbons (Fsp3) is 0.389. The number of aryl methyl sites for hydroxylation is 2. The lowest BCUT2D eigenvalue weighted by Crippen LogP contribution is -2.33. The van der Waals surface area contributed by atoms with Gasteiger partial charge in [0.15, 0.2) is 0 Å². The van der Waals surface area contributed by atoms with Gasteiger partial charge in [-0.15, -0.1) is 0 Å². The molecule has 0 aliphatic heterocycles. The Morgan fingerprint density at radius 2 is 1.96 bits per heavy atom. The highest BCUT2D eigenvalue weighted by Gasteiger charge is 2.22. The lowest BCUT2D eigenvalue weighted by molar-refractivity contribution is 0.0948. The summed E-state index contributed by atoms with van der Waals surface area (Å²) in [5.41, 5.74) is 0.726. The van der Waals surface area contributed by atoms with Crippen LogP contribution >= 0.6 is 0 Å². The van der Waals surface area contributed by atoms with Crippen LogP contribution in [0.1, 0.15) is 53.8 Å². The van der Waals surface area contributed by atoms with Gasteiger partial charge in [-0.05, 0) is 31.0 Å². The van der Waals surface area contributed by atoms with E-state index in [1.165, 1.54) is 6.07 Å². The van der Waals surface area contributed by atoms with Crippen LogP contribution in [-0.2, 0) is 12.0 Å². The number of rotatable bonds is 3. The quantitative estimate of drug-likeness (QED) is 0.908. The molecule has 0 bridgehead atoms. The summed E-state index contributed by atoms with van der Waals surface area (Å²) in [7, 11) is 0. The van der Waals surface area contributed by atoms with Crippen molar-refractivity contribution in [2.45, 2.75) is 46.6 Å². The number of H-pyrrole nitrogens is 1. The van der Waals surface area contributed by atoms with Crippen molar-refractivity contribution in [2.24, 2.45) is 0 Å². The first kappa shape index (κ1) is 17.8. The molecule has 0 saturated carbocycles. The highest BCUT2D eigenvalue weighted by molar-refractivity contribution is 5.94. The maximum atomic E-state index is 13.5. The first-order chi connectivity index (χ1) is 11.1. The van der Waals surface area contributed by atoms with Crippen LogP contribution in [0.4, 0.5) is 4.39 Å². The van der Waals surface area contributed by atoms with Crippen LogP contribution in [0.3, 0.4) is 0 Å². The van der Waals surface area contributed by atoms with Gasteiger partial charge in [-0.3, -0.25) is 9.59 Å². The fourth-order valence-electron chi connectivity index (χ4n) is 2.23. The number of carbonyl (C=O) groups is 1. The number of hydrogen-bond acceptors (Lipinski definition) is 3. The Morgan fingerprint density at radius 3 is 2.50 bits per heavy atom. The zero-order chi connectivity index (χ0) is 18.1. The minimum absolute atomic E-state index is 0.0180. The maximum absolute atomic E-state index is 13.5. The van der Waals surface area contributed by atoms with Crippen molar-refractivity contribution in [3.05, 3.63) is 62.6 Å². The van der Waals surface area contributed by atoms with Gasteiger partial charge in [0.1, 0.15) is 17.2 Å². The highest BCUT2D eigenvalue weighted by Crippen LogP contribution is 2.17. The van der Waals surface area contributed by atoms with Gasteiger partial charge >= 0.3 is 0 Å². The van der Waals surface area contributed by atoms with E-state index in [0.717, 1.165) is 0 Å². The number of benzene rings is 1. The van der Waals surface area contributed by atoms with E-state index in [4.69, 9.17) is 0 Å². The van der Waals surface area contributed by atoms with Crippen molar-refractivity contribution in [1.82, 2.24) is 15.3 Å². The number of carbonyl (C=O) groups excluding carboxylic acids is 1. The molecule has 5 nitrogen and oxygen atoms in total.